The van der Waals surface area contributed by atoms with Crippen molar-refractivity contribution < 1.29 is 8.42 Å². The summed E-state index contributed by atoms with van der Waals surface area (Å²) in [5.74, 6) is 0. The van der Waals surface area contributed by atoms with Crippen LogP contribution >= 0.6 is 15.9 Å². The molecule has 0 unspecified atom stereocenters. The summed E-state index contributed by atoms with van der Waals surface area (Å²) in [6, 6.07) is 9.73. The van der Waals surface area contributed by atoms with Gasteiger partial charge in [0.15, 0.2) is 0 Å². The second-order valence-corrected chi connectivity index (χ2v) is 7.82. The van der Waals surface area contributed by atoms with Crippen LogP contribution in [0.4, 0.5) is 0 Å². The Balaban J connectivity index is 2.39. The van der Waals surface area contributed by atoms with E-state index in [1.807, 2.05) is 0 Å². The molecule has 1 heterocycles. The quantitative estimate of drug-likeness (QED) is 0.825. The lowest BCUT2D eigenvalue weighted by atomic mass is 10.2. The Bertz CT molecular complexity index is 813. The van der Waals surface area contributed by atoms with E-state index in [9.17, 15) is 13.2 Å². The van der Waals surface area contributed by atoms with E-state index < -0.39 is 10.0 Å². The first-order valence-electron chi connectivity index (χ1n) is 6.18. The molecule has 21 heavy (non-hydrogen) atoms. The molecule has 0 fully saturated rings. The number of aromatic nitrogens is 1. The van der Waals surface area contributed by atoms with Gasteiger partial charge in [-0.25, -0.2) is 12.7 Å². The normalized spacial score (nSPS) is 11.8. The van der Waals surface area contributed by atoms with E-state index in [1.54, 1.807) is 36.5 Å². The third-order valence-electron chi connectivity index (χ3n) is 2.98. The van der Waals surface area contributed by atoms with Crippen LogP contribution in [0.5, 0.6) is 0 Å². The maximum atomic E-state index is 12.1. The van der Waals surface area contributed by atoms with Crippen molar-refractivity contribution in [2.45, 2.75) is 11.4 Å². The van der Waals surface area contributed by atoms with Gasteiger partial charge in [-0.2, -0.15) is 0 Å². The highest BCUT2D eigenvalue weighted by Crippen LogP contribution is 2.15. The minimum Gasteiger partial charge on any atom is -0.310 e. The number of hydrogen-bond donors (Lipinski definition) is 0. The van der Waals surface area contributed by atoms with Crippen LogP contribution in [0.3, 0.4) is 0 Å². The number of sulfonamides is 1. The SMILES string of the molecule is CN(C)S(=O)(=O)c1cccc(Cn2cc(Br)ccc2=O)c1. The van der Waals surface area contributed by atoms with Crippen molar-refractivity contribution in [3.8, 4) is 0 Å². The van der Waals surface area contributed by atoms with E-state index in [-0.39, 0.29) is 10.5 Å². The Morgan fingerprint density at radius 1 is 1.19 bits per heavy atom. The zero-order valence-electron chi connectivity index (χ0n) is 11.7. The largest absolute Gasteiger partial charge is 0.310 e. The molecule has 0 bridgehead atoms. The van der Waals surface area contributed by atoms with Gasteiger partial charge < -0.3 is 4.57 Å². The van der Waals surface area contributed by atoms with E-state index >= 15 is 0 Å². The number of hydrogen-bond acceptors (Lipinski definition) is 3. The van der Waals surface area contributed by atoms with Crippen LogP contribution in [0.15, 0.2) is 56.8 Å². The fraction of sp³-hybridized carbons (Fsp3) is 0.214. The van der Waals surface area contributed by atoms with Crippen molar-refractivity contribution in [1.82, 2.24) is 8.87 Å². The zero-order valence-corrected chi connectivity index (χ0v) is 14.1. The first kappa shape index (κ1) is 15.9. The van der Waals surface area contributed by atoms with Crippen molar-refractivity contribution in [3.63, 3.8) is 0 Å². The zero-order chi connectivity index (χ0) is 15.6. The second-order valence-electron chi connectivity index (χ2n) is 4.75. The topological polar surface area (TPSA) is 59.4 Å². The fourth-order valence-electron chi connectivity index (χ4n) is 1.84. The monoisotopic (exact) mass is 370 g/mol. The summed E-state index contributed by atoms with van der Waals surface area (Å²) in [6.45, 7) is 0.315. The molecular weight excluding hydrogens is 356 g/mol. The van der Waals surface area contributed by atoms with Crippen LogP contribution in [0.1, 0.15) is 5.56 Å². The third-order valence-corrected chi connectivity index (χ3v) is 5.26. The van der Waals surface area contributed by atoms with Gasteiger partial charge in [0.2, 0.25) is 10.0 Å². The first-order chi connectivity index (χ1) is 9.80. The molecule has 1 aromatic carbocycles. The summed E-state index contributed by atoms with van der Waals surface area (Å²) in [6.07, 6.45) is 1.68. The summed E-state index contributed by atoms with van der Waals surface area (Å²) in [5, 5.41) is 0. The smallest absolute Gasteiger partial charge is 0.250 e. The maximum absolute atomic E-state index is 12.1. The molecule has 0 spiro atoms. The van der Waals surface area contributed by atoms with E-state index in [0.717, 1.165) is 14.3 Å². The molecule has 2 aromatic rings. The molecule has 0 radical (unpaired) electrons. The van der Waals surface area contributed by atoms with Crippen molar-refractivity contribution in [3.05, 3.63) is 63.0 Å². The Morgan fingerprint density at radius 3 is 2.57 bits per heavy atom. The molecule has 0 atom stereocenters. The van der Waals surface area contributed by atoms with Crippen molar-refractivity contribution in [1.29, 1.82) is 0 Å². The highest BCUT2D eigenvalue weighted by atomic mass is 79.9. The van der Waals surface area contributed by atoms with Gasteiger partial charge in [-0.1, -0.05) is 12.1 Å². The highest BCUT2D eigenvalue weighted by Gasteiger charge is 2.17. The lowest BCUT2D eigenvalue weighted by Crippen LogP contribution is -2.23. The highest BCUT2D eigenvalue weighted by molar-refractivity contribution is 9.10. The van der Waals surface area contributed by atoms with Crippen molar-refractivity contribution in [2.24, 2.45) is 0 Å². The van der Waals surface area contributed by atoms with E-state index in [0.29, 0.717) is 6.54 Å². The summed E-state index contributed by atoms with van der Waals surface area (Å²) >= 11 is 3.31. The van der Waals surface area contributed by atoms with Gasteiger partial charge in [0.05, 0.1) is 11.4 Å². The molecule has 0 aliphatic rings. The summed E-state index contributed by atoms with van der Waals surface area (Å²) in [5.41, 5.74) is 0.609. The number of pyridine rings is 1. The Labute approximate surface area is 132 Å². The predicted molar refractivity (Wildman–Crippen MR) is 84.8 cm³/mol. The lowest BCUT2D eigenvalue weighted by molar-refractivity contribution is 0.520. The molecule has 0 aliphatic heterocycles. The fourth-order valence-corrected chi connectivity index (χ4v) is 3.19. The molecule has 0 amide bonds. The minimum absolute atomic E-state index is 0.140. The summed E-state index contributed by atoms with van der Waals surface area (Å²) < 4.78 is 27.7. The Morgan fingerprint density at radius 2 is 1.90 bits per heavy atom. The standard InChI is InChI=1S/C14H15BrN2O3S/c1-16(2)21(19,20)13-5-3-4-11(8-13)9-17-10-12(15)6-7-14(17)18/h3-8,10H,9H2,1-2H3. The van der Waals surface area contributed by atoms with Crippen LogP contribution in [0, 0.1) is 0 Å². The van der Waals surface area contributed by atoms with Crippen LogP contribution in [-0.2, 0) is 16.6 Å². The molecule has 7 heteroatoms. The second kappa shape index (κ2) is 6.13. The van der Waals surface area contributed by atoms with Crippen LogP contribution < -0.4 is 5.56 Å². The van der Waals surface area contributed by atoms with Gasteiger partial charge in [0, 0.05) is 30.8 Å². The van der Waals surface area contributed by atoms with Crippen molar-refractivity contribution >= 4 is 26.0 Å². The number of benzene rings is 1. The average Bonchev–Trinajstić information content (AvgIpc) is 2.43. The Kier molecular flexibility index (Phi) is 4.65. The van der Waals surface area contributed by atoms with Gasteiger partial charge in [-0.15, -0.1) is 0 Å². The van der Waals surface area contributed by atoms with Gasteiger partial charge in [0.25, 0.3) is 5.56 Å². The van der Waals surface area contributed by atoms with E-state index in [2.05, 4.69) is 15.9 Å². The van der Waals surface area contributed by atoms with E-state index in [1.165, 1.54) is 24.7 Å². The van der Waals surface area contributed by atoms with Gasteiger partial charge in [-0.05, 0) is 39.7 Å². The van der Waals surface area contributed by atoms with E-state index in [4.69, 9.17) is 0 Å². The van der Waals surface area contributed by atoms with Crippen LogP contribution in [0.25, 0.3) is 0 Å². The number of halogens is 1. The van der Waals surface area contributed by atoms with Gasteiger partial charge in [0.1, 0.15) is 0 Å². The third kappa shape index (κ3) is 3.61. The number of nitrogens with zero attached hydrogens (tertiary/aromatic N) is 2. The number of rotatable bonds is 4. The lowest BCUT2D eigenvalue weighted by Gasteiger charge is -2.13. The maximum Gasteiger partial charge on any atom is 0.250 e. The predicted octanol–water partition coefficient (Wildman–Crippen LogP) is 1.91. The molecule has 0 N–H and O–H groups in total. The summed E-state index contributed by atoms with van der Waals surface area (Å²) in [7, 11) is -0.499. The molecule has 1 aromatic heterocycles. The average molecular weight is 371 g/mol. The molecule has 0 aliphatic carbocycles. The van der Waals surface area contributed by atoms with Gasteiger partial charge >= 0.3 is 0 Å². The Hall–Kier alpha value is -1.44. The van der Waals surface area contributed by atoms with Gasteiger partial charge in [-0.3, -0.25) is 4.79 Å². The first-order valence-corrected chi connectivity index (χ1v) is 8.41. The molecule has 0 saturated carbocycles. The molecule has 0 saturated heterocycles. The molecular formula is C14H15BrN2O3S. The molecule has 5 nitrogen and oxygen atoms in total. The summed E-state index contributed by atoms with van der Waals surface area (Å²) in [4.78, 5) is 12.0. The minimum atomic E-state index is -3.47. The van der Waals surface area contributed by atoms with Crippen LogP contribution in [0.2, 0.25) is 0 Å². The molecule has 112 valence electrons. The van der Waals surface area contributed by atoms with Crippen LogP contribution in [-0.4, -0.2) is 31.4 Å². The van der Waals surface area contributed by atoms with Crippen molar-refractivity contribution in [2.75, 3.05) is 14.1 Å². The molecule has 2 rings (SSSR count).